The molecule has 2 amide bonds. The van der Waals surface area contributed by atoms with Gasteiger partial charge in [0.1, 0.15) is 5.75 Å². The fourth-order valence-electron chi connectivity index (χ4n) is 2.41. The largest absolute Gasteiger partial charge is 0.494 e. The number of amides is 2. The molecule has 2 rings (SSSR count). The molecule has 5 nitrogen and oxygen atoms in total. The molecule has 0 radical (unpaired) electrons. The number of nitrogens with zero attached hydrogens (tertiary/aromatic N) is 1. The average Bonchev–Trinajstić information content (AvgIpc) is 2.55. The number of ether oxygens (including phenoxy) is 1. The van der Waals surface area contributed by atoms with Crippen LogP contribution in [0.2, 0.25) is 0 Å². The maximum Gasteiger partial charge on any atom is 0.258 e. The standard InChI is InChI=1S/C19H22N2O3/c1-3-24-17-9-5-7-15(13-17)19(23)21(11-10-18(20)22)16-8-4-6-14(2)12-16/h4-9,12-13H,3,10-11H2,1-2H3,(H2,20,22). The minimum absolute atomic E-state index is 0.102. The molecule has 0 aliphatic rings. The molecule has 0 atom stereocenters. The molecule has 24 heavy (non-hydrogen) atoms. The van der Waals surface area contributed by atoms with E-state index in [9.17, 15) is 9.59 Å². The van der Waals surface area contributed by atoms with Gasteiger partial charge >= 0.3 is 0 Å². The second kappa shape index (κ2) is 8.15. The minimum atomic E-state index is -0.441. The van der Waals surface area contributed by atoms with Crippen molar-refractivity contribution in [1.82, 2.24) is 0 Å². The molecule has 0 heterocycles. The van der Waals surface area contributed by atoms with Gasteiger partial charge in [0, 0.05) is 24.2 Å². The van der Waals surface area contributed by atoms with Gasteiger partial charge in [-0.1, -0.05) is 18.2 Å². The number of primary amides is 1. The van der Waals surface area contributed by atoms with Crippen LogP contribution in [0.4, 0.5) is 5.69 Å². The van der Waals surface area contributed by atoms with Crippen molar-refractivity contribution in [2.75, 3.05) is 18.1 Å². The maximum atomic E-state index is 12.9. The van der Waals surface area contributed by atoms with E-state index in [0.717, 1.165) is 11.3 Å². The monoisotopic (exact) mass is 326 g/mol. The maximum absolute atomic E-state index is 12.9. The van der Waals surface area contributed by atoms with Crippen LogP contribution in [-0.4, -0.2) is 25.0 Å². The van der Waals surface area contributed by atoms with Crippen molar-refractivity contribution >= 4 is 17.5 Å². The highest BCUT2D eigenvalue weighted by molar-refractivity contribution is 6.06. The lowest BCUT2D eigenvalue weighted by atomic mass is 10.1. The van der Waals surface area contributed by atoms with E-state index in [1.165, 1.54) is 0 Å². The average molecular weight is 326 g/mol. The van der Waals surface area contributed by atoms with E-state index in [1.54, 1.807) is 29.2 Å². The fraction of sp³-hybridized carbons (Fsp3) is 0.263. The molecule has 2 aromatic carbocycles. The van der Waals surface area contributed by atoms with Crippen LogP contribution in [-0.2, 0) is 4.79 Å². The van der Waals surface area contributed by atoms with Crippen LogP contribution in [0, 0.1) is 6.92 Å². The van der Waals surface area contributed by atoms with Crippen molar-refractivity contribution in [3.8, 4) is 5.75 Å². The Bertz CT molecular complexity index is 728. The minimum Gasteiger partial charge on any atom is -0.494 e. The van der Waals surface area contributed by atoms with E-state index in [-0.39, 0.29) is 18.9 Å². The quantitative estimate of drug-likeness (QED) is 0.850. The molecule has 2 N–H and O–H groups in total. The van der Waals surface area contributed by atoms with Gasteiger partial charge in [-0.05, 0) is 49.7 Å². The molecule has 0 unspecified atom stereocenters. The third-order valence-corrected chi connectivity index (χ3v) is 3.53. The smallest absolute Gasteiger partial charge is 0.258 e. The van der Waals surface area contributed by atoms with Gasteiger partial charge in [0.05, 0.1) is 6.61 Å². The Labute approximate surface area is 142 Å². The lowest BCUT2D eigenvalue weighted by molar-refractivity contribution is -0.117. The normalized spacial score (nSPS) is 10.2. The number of nitrogens with two attached hydrogens (primary N) is 1. The van der Waals surface area contributed by atoms with Gasteiger partial charge in [-0.15, -0.1) is 0 Å². The van der Waals surface area contributed by atoms with Crippen LogP contribution in [0.15, 0.2) is 48.5 Å². The molecule has 5 heteroatoms. The first-order valence-corrected chi connectivity index (χ1v) is 7.91. The summed E-state index contributed by atoms with van der Waals surface area (Å²) in [7, 11) is 0. The Morgan fingerprint density at radius 3 is 2.54 bits per heavy atom. The van der Waals surface area contributed by atoms with Crippen molar-refractivity contribution in [1.29, 1.82) is 0 Å². The van der Waals surface area contributed by atoms with Crippen LogP contribution in [0.5, 0.6) is 5.75 Å². The van der Waals surface area contributed by atoms with E-state index in [0.29, 0.717) is 17.9 Å². The summed E-state index contributed by atoms with van der Waals surface area (Å²) < 4.78 is 5.45. The van der Waals surface area contributed by atoms with Crippen molar-refractivity contribution < 1.29 is 14.3 Å². The number of hydrogen-bond acceptors (Lipinski definition) is 3. The summed E-state index contributed by atoms with van der Waals surface area (Å²) in [5.41, 5.74) is 7.53. The molecule has 0 spiro atoms. The molecule has 0 aromatic heterocycles. The molecular formula is C19H22N2O3. The van der Waals surface area contributed by atoms with Crippen molar-refractivity contribution in [2.45, 2.75) is 20.3 Å². The van der Waals surface area contributed by atoms with Crippen LogP contribution < -0.4 is 15.4 Å². The second-order valence-electron chi connectivity index (χ2n) is 5.47. The van der Waals surface area contributed by atoms with Gasteiger partial charge < -0.3 is 15.4 Å². The molecule has 0 saturated heterocycles. The number of carbonyl (C=O) groups is 2. The Kier molecular flexibility index (Phi) is 5.95. The molecular weight excluding hydrogens is 304 g/mol. The van der Waals surface area contributed by atoms with Gasteiger partial charge in [-0.3, -0.25) is 9.59 Å². The van der Waals surface area contributed by atoms with Gasteiger partial charge in [0.15, 0.2) is 0 Å². The van der Waals surface area contributed by atoms with Gasteiger partial charge in [0.2, 0.25) is 5.91 Å². The number of aryl methyl sites for hydroxylation is 1. The number of hydrogen-bond donors (Lipinski definition) is 1. The number of carbonyl (C=O) groups excluding carboxylic acids is 2. The summed E-state index contributed by atoms with van der Waals surface area (Å²) >= 11 is 0. The first-order chi connectivity index (χ1) is 11.5. The molecule has 0 aliphatic carbocycles. The highest BCUT2D eigenvalue weighted by atomic mass is 16.5. The first kappa shape index (κ1) is 17.5. The Balaban J connectivity index is 2.33. The molecule has 0 saturated carbocycles. The van der Waals surface area contributed by atoms with Crippen LogP contribution >= 0.6 is 0 Å². The van der Waals surface area contributed by atoms with E-state index >= 15 is 0 Å². The Morgan fingerprint density at radius 1 is 1.12 bits per heavy atom. The summed E-state index contributed by atoms with van der Waals surface area (Å²) in [5.74, 6) is 0.00867. The third kappa shape index (κ3) is 4.59. The second-order valence-corrected chi connectivity index (χ2v) is 5.47. The summed E-state index contributed by atoms with van der Waals surface area (Å²) in [6.07, 6.45) is 0.102. The predicted molar refractivity (Wildman–Crippen MR) is 94.3 cm³/mol. The van der Waals surface area contributed by atoms with Crippen molar-refractivity contribution in [2.24, 2.45) is 5.73 Å². The Morgan fingerprint density at radius 2 is 1.88 bits per heavy atom. The zero-order valence-corrected chi connectivity index (χ0v) is 14.0. The summed E-state index contributed by atoms with van der Waals surface area (Å²) in [6.45, 7) is 4.60. The fourth-order valence-corrected chi connectivity index (χ4v) is 2.41. The highest BCUT2D eigenvalue weighted by Gasteiger charge is 2.19. The molecule has 126 valence electrons. The lowest BCUT2D eigenvalue weighted by Gasteiger charge is -2.23. The van der Waals surface area contributed by atoms with Crippen LogP contribution in [0.3, 0.4) is 0 Å². The zero-order valence-electron chi connectivity index (χ0n) is 14.0. The third-order valence-electron chi connectivity index (χ3n) is 3.53. The summed E-state index contributed by atoms with van der Waals surface area (Å²) in [4.78, 5) is 25.7. The van der Waals surface area contributed by atoms with Gasteiger partial charge in [-0.25, -0.2) is 0 Å². The SMILES string of the molecule is CCOc1cccc(C(=O)N(CCC(N)=O)c2cccc(C)c2)c1. The van der Waals surface area contributed by atoms with Crippen molar-refractivity contribution in [3.63, 3.8) is 0 Å². The number of rotatable bonds is 7. The number of anilines is 1. The lowest BCUT2D eigenvalue weighted by Crippen LogP contribution is -2.34. The van der Waals surface area contributed by atoms with Crippen LogP contribution in [0.1, 0.15) is 29.3 Å². The molecule has 0 aliphatic heterocycles. The van der Waals surface area contributed by atoms with E-state index < -0.39 is 5.91 Å². The topological polar surface area (TPSA) is 72.6 Å². The summed E-state index contributed by atoms with van der Waals surface area (Å²) in [5, 5.41) is 0. The number of benzene rings is 2. The van der Waals surface area contributed by atoms with E-state index in [2.05, 4.69) is 0 Å². The summed E-state index contributed by atoms with van der Waals surface area (Å²) in [6, 6.07) is 14.6. The predicted octanol–water partition coefficient (Wildman–Crippen LogP) is 2.92. The first-order valence-electron chi connectivity index (χ1n) is 7.91. The van der Waals surface area contributed by atoms with E-state index in [4.69, 9.17) is 10.5 Å². The highest BCUT2D eigenvalue weighted by Crippen LogP contribution is 2.21. The Hall–Kier alpha value is -2.82. The molecule has 0 fully saturated rings. The molecule has 0 bridgehead atoms. The van der Waals surface area contributed by atoms with Crippen LogP contribution in [0.25, 0.3) is 0 Å². The van der Waals surface area contributed by atoms with Gasteiger partial charge in [-0.2, -0.15) is 0 Å². The van der Waals surface area contributed by atoms with Gasteiger partial charge in [0.25, 0.3) is 5.91 Å². The molecule has 2 aromatic rings. The van der Waals surface area contributed by atoms with Crippen molar-refractivity contribution in [3.05, 3.63) is 59.7 Å². The van der Waals surface area contributed by atoms with E-state index in [1.807, 2.05) is 38.1 Å². The zero-order chi connectivity index (χ0) is 17.5.